The Morgan fingerprint density at radius 3 is 2.23 bits per heavy atom. The van der Waals surface area contributed by atoms with Crippen molar-refractivity contribution in [2.75, 3.05) is 5.75 Å². The number of carbonyl (C=O) groups excluding carboxylic acids is 1. The van der Waals surface area contributed by atoms with Crippen molar-refractivity contribution in [2.45, 2.75) is 53.0 Å². The fraction of sp³-hybridized carbons (Fsp3) is 0.480. The van der Waals surface area contributed by atoms with Gasteiger partial charge in [-0.2, -0.15) is 0 Å². The van der Waals surface area contributed by atoms with Crippen molar-refractivity contribution in [1.29, 1.82) is 0 Å². The Labute approximate surface area is 180 Å². The number of sulfonamides is 1. The Hall–Kier alpha value is -2.14. The lowest BCUT2D eigenvalue weighted by Crippen LogP contribution is -2.43. The number of aryl methyl sites for hydroxylation is 1. The summed E-state index contributed by atoms with van der Waals surface area (Å²) in [6.45, 7) is 8.52. The van der Waals surface area contributed by atoms with E-state index in [0.717, 1.165) is 23.1 Å². The monoisotopic (exact) mass is 425 g/mol. The normalized spacial score (nSPS) is 29.0. The number of benzene rings is 2. The zero-order valence-electron chi connectivity index (χ0n) is 18.3. The molecule has 2 fully saturated rings. The standard InChI is InChI=1S/C25H31NO3S/c1-18-16-22-25(4,24(18,2)3)17-30(28,29)26(22)23(27)15-12-19-10-13-21(14-11-19)20-8-6-5-7-9-20/h5-11,13-14,18,22H,12,15-17H2,1-4H3/t18-,22-,25-/m0/s1. The molecule has 2 aliphatic rings. The van der Waals surface area contributed by atoms with Gasteiger partial charge in [0.05, 0.1) is 11.8 Å². The number of hydrogen-bond donors (Lipinski definition) is 0. The van der Waals surface area contributed by atoms with Crippen LogP contribution in [0.5, 0.6) is 0 Å². The molecular weight excluding hydrogens is 394 g/mol. The molecular formula is C25H31NO3S. The van der Waals surface area contributed by atoms with Gasteiger partial charge < -0.3 is 0 Å². The van der Waals surface area contributed by atoms with Gasteiger partial charge in [0.15, 0.2) is 0 Å². The van der Waals surface area contributed by atoms with E-state index in [0.29, 0.717) is 12.3 Å². The molecule has 1 heterocycles. The van der Waals surface area contributed by atoms with Gasteiger partial charge >= 0.3 is 0 Å². The van der Waals surface area contributed by atoms with Crippen molar-refractivity contribution in [3.8, 4) is 11.1 Å². The summed E-state index contributed by atoms with van der Waals surface area (Å²) in [6, 6.07) is 18.1. The third kappa shape index (κ3) is 3.27. The number of hydrogen-bond acceptors (Lipinski definition) is 3. The summed E-state index contributed by atoms with van der Waals surface area (Å²) in [4.78, 5) is 13.1. The first kappa shape index (κ1) is 21.1. The highest BCUT2D eigenvalue weighted by atomic mass is 32.2. The zero-order valence-corrected chi connectivity index (χ0v) is 19.1. The molecule has 0 bridgehead atoms. The molecule has 1 amide bonds. The first-order valence-electron chi connectivity index (χ1n) is 10.8. The van der Waals surface area contributed by atoms with Crippen LogP contribution in [0.3, 0.4) is 0 Å². The van der Waals surface area contributed by atoms with Gasteiger partial charge in [-0.25, -0.2) is 12.7 Å². The van der Waals surface area contributed by atoms with Crippen molar-refractivity contribution in [3.63, 3.8) is 0 Å². The number of carbonyl (C=O) groups is 1. The first-order chi connectivity index (χ1) is 14.1. The Balaban J connectivity index is 1.48. The molecule has 0 spiro atoms. The van der Waals surface area contributed by atoms with E-state index in [-0.39, 0.29) is 29.5 Å². The van der Waals surface area contributed by atoms with E-state index < -0.39 is 15.4 Å². The molecule has 0 unspecified atom stereocenters. The molecule has 1 aliphatic carbocycles. The lowest BCUT2D eigenvalue weighted by Gasteiger charge is -2.39. The molecule has 2 aromatic carbocycles. The number of rotatable bonds is 4. The SMILES string of the molecule is C[C@H]1C[C@@H]2N(C(=O)CCc3ccc(-c4ccccc4)cc3)S(=O)(=O)C[C@]2(C)C1(C)C. The smallest absolute Gasteiger partial charge is 0.238 e. The largest absolute Gasteiger partial charge is 0.274 e. The van der Waals surface area contributed by atoms with Gasteiger partial charge in [0.25, 0.3) is 0 Å². The second kappa shape index (κ2) is 7.23. The molecule has 30 heavy (non-hydrogen) atoms. The molecule has 2 aromatic rings. The number of amides is 1. The summed E-state index contributed by atoms with van der Waals surface area (Å²) >= 11 is 0. The van der Waals surface area contributed by atoms with E-state index in [4.69, 9.17) is 0 Å². The minimum absolute atomic E-state index is 0.0690. The van der Waals surface area contributed by atoms with Gasteiger partial charge in [0.2, 0.25) is 15.9 Å². The molecule has 1 aliphatic heterocycles. The quantitative estimate of drug-likeness (QED) is 0.700. The number of nitrogens with zero attached hydrogens (tertiary/aromatic N) is 1. The molecule has 1 saturated heterocycles. The molecule has 5 heteroatoms. The predicted molar refractivity (Wildman–Crippen MR) is 120 cm³/mol. The van der Waals surface area contributed by atoms with Gasteiger partial charge in [-0.15, -0.1) is 0 Å². The molecule has 0 N–H and O–H groups in total. The summed E-state index contributed by atoms with van der Waals surface area (Å²) in [5.74, 6) is 0.184. The molecule has 0 radical (unpaired) electrons. The maximum absolute atomic E-state index is 13.1. The van der Waals surface area contributed by atoms with Gasteiger partial charge in [-0.3, -0.25) is 4.79 Å². The first-order valence-corrected chi connectivity index (χ1v) is 12.4. The summed E-state index contributed by atoms with van der Waals surface area (Å²) < 4.78 is 27.1. The topological polar surface area (TPSA) is 54.5 Å². The van der Waals surface area contributed by atoms with Crippen LogP contribution < -0.4 is 0 Å². The second-order valence-corrected chi connectivity index (χ2v) is 11.6. The van der Waals surface area contributed by atoms with Crippen molar-refractivity contribution in [2.24, 2.45) is 16.7 Å². The van der Waals surface area contributed by atoms with Crippen LogP contribution in [-0.4, -0.2) is 30.4 Å². The Kier molecular flexibility index (Phi) is 5.08. The van der Waals surface area contributed by atoms with Gasteiger partial charge in [-0.05, 0) is 40.9 Å². The molecule has 4 nitrogen and oxygen atoms in total. The van der Waals surface area contributed by atoms with Crippen LogP contribution in [0.2, 0.25) is 0 Å². The van der Waals surface area contributed by atoms with E-state index >= 15 is 0 Å². The van der Waals surface area contributed by atoms with E-state index in [1.165, 1.54) is 4.31 Å². The summed E-state index contributed by atoms with van der Waals surface area (Å²) in [6.07, 6.45) is 1.51. The van der Waals surface area contributed by atoms with Gasteiger partial charge in [0.1, 0.15) is 0 Å². The van der Waals surface area contributed by atoms with Crippen molar-refractivity contribution in [3.05, 3.63) is 60.2 Å². The molecule has 160 valence electrons. The van der Waals surface area contributed by atoms with E-state index in [2.05, 4.69) is 45.0 Å². The van der Waals surface area contributed by atoms with Crippen LogP contribution in [0.15, 0.2) is 54.6 Å². The highest BCUT2D eigenvalue weighted by Crippen LogP contribution is 2.61. The Bertz CT molecular complexity index is 1040. The van der Waals surface area contributed by atoms with Crippen molar-refractivity contribution < 1.29 is 13.2 Å². The van der Waals surface area contributed by atoms with Crippen LogP contribution in [0.1, 0.15) is 46.1 Å². The minimum atomic E-state index is -3.56. The average Bonchev–Trinajstić information content (AvgIpc) is 3.02. The van der Waals surface area contributed by atoms with Gasteiger partial charge in [-0.1, -0.05) is 82.3 Å². The maximum Gasteiger partial charge on any atom is 0.238 e. The summed E-state index contributed by atoms with van der Waals surface area (Å²) in [7, 11) is -3.56. The fourth-order valence-electron chi connectivity index (χ4n) is 5.35. The summed E-state index contributed by atoms with van der Waals surface area (Å²) in [5.41, 5.74) is 2.82. The second-order valence-electron chi connectivity index (χ2n) is 9.80. The van der Waals surface area contributed by atoms with E-state index in [1.807, 2.05) is 37.3 Å². The average molecular weight is 426 g/mol. The highest BCUT2D eigenvalue weighted by molar-refractivity contribution is 7.90. The van der Waals surface area contributed by atoms with E-state index in [9.17, 15) is 13.2 Å². The predicted octanol–water partition coefficient (Wildman–Crippen LogP) is 4.90. The molecule has 3 atom stereocenters. The van der Waals surface area contributed by atoms with Crippen LogP contribution in [0, 0.1) is 16.7 Å². The fourth-order valence-corrected chi connectivity index (χ4v) is 7.92. The molecule has 4 rings (SSSR count). The van der Waals surface area contributed by atoms with Crippen LogP contribution in [-0.2, 0) is 21.2 Å². The molecule has 0 aromatic heterocycles. The highest BCUT2D eigenvalue weighted by Gasteiger charge is 2.66. The number of fused-ring (bicyclic) bond motifs is 1. The van der Waals surface area contributed by atoms with Crippen molar-refractivity contribution >= 4 is 15.9 Å². The minimum Gasteiger partial charge on any atom is -0.274 e. The zero-order chi connectivity index (χ0) is 21.7. The van der Waals surface area contributed by atoms with Gasteiger partial charge in [0, 0.05) is 11.8 Å². The molecule has 1 saturated carbocycles. The van der Waals surface area contributed by atoms with Crippen LogP contribution in [0.25, 0.3) is 11.1 Å². The summed E-state index contributed by atoms with van der Waals surface area (Å²) in [5, 5.41) is 0. The maximum atomic E-state index is 13.1. The van der Waals surface area contributed by atoms with Crippen LogP contribution in [0.4, 0.5) is 0 Å². The Morgan fingerprint density at radius 2 is 1.60 bits per heavy atom. The van der Waals surface area contributed by atoms with E-state index in [1.54, 1.807) is 0 Å². The van der Waals surface area contributed by atoms with Crippen LogP contribution >= 0.6 is 0 Å². The van der Waals surface area contributed by atoms with Crippen molar-refractivity contribution in [1.82, 2.24) is 4.31 Å². The third-order valence-electron chi connectivity index (χ3n) is 8.02. The Morgan fingerprint density at radius 1 is 1.00 bits per heavy atom. The third-order valence-corrected chi connectivity index (χ3v) is 10.0. The lowest BCUT2D eigenvalue weighted by molar-refractivity contribution is -0.128. The lowest BCUT2D eigenvalue weighted by atomic mass is 9.66.